The molecule has 1 fully saturated rings. The van der Waals surface area contributed by atoms with E-state index >= 15 is 4.39 Å². The third-order valence-corrected chi connectivity index (χ3v) is 7.46. The van der Waals surface area contributed by atoms with Crippen LogP contribution in [0.2, 0.25) is 0 Å². The van der Waals surface area contributed by atoms with Gasteiger partial charge in [0, 0.05) is 22.7 Å². The molecule has 1 N–H and O–H groups in total. The zero-order valence-corrected chi connectivity index (χ0v) is 21.4. The lowest BCUT2D eigenvalue weighted by Crippen LogP contribution is -2.45. The molecule has 3 aromatic rings. The van der Waals surface area contributed by atoms with Crippen molar-refractivity contribution >= 4 is 10.9 Å². The summed E-state index contributed by atoms with van der Waals surface area (Å²) in [7, 11) is 3.25. The van der Waals surface area contributed by atoms with Gasteiger partial charge >= 0.3 is 0 Å². The number of nitrogens with one attached hydrogen (secondary N) is 1. The number of benzene rings is 2. The molecule has 2 heterocycles. The van der Waals surface area contributed by atoms with Crippen LogP contribution in [-0.2, 0) is 6.42 Å². The fraction of sp³-hybridized carbons (Fsp3) is 0.483. The molecule has 4 rings (SSSR count). The van der Waals surface area contributed by atoms with E-state index < -0.39 is 0 Å². The molecule has 1 unspecified atom stereocenters. The van der Waals surface area contributed by atoms with Gasteiger partial charge in [0.2, 0.25) is 0 Å². The number of hydrogen-bond donors (Lipinski definition) is 1. The minimum Gasteiger partial charge on any atom is -0.493 e. The summed E-state index contributed by atoms with van der Waals surface area (Å²) in [6, 6.07) is 10.1. The molecule has 1 aliphatic rings. The van der Waals surface area contributed by atoms with Crippen LogP contribution >= 0.6 is 0 Å². The summed E-state index contributed by atoms with van der Waals surface area (Å²) in [5.41, 5.74) is 4.87. The number of aromatic nitrogens is 1. The maximum atomic E-state index is 15.4. The van der Waals surface area contributed by atoms with Gasteiger partial charge in [0.05, 0.1) is 19.7 Å². The lowest BCUT2D eigenvalue weighted by atomic mass is 9.83. The van der Waals surface area contributed by atoms with E-state index in [1.165, 1.54) is 0 Å². The van der Waals surface area contributed by atoms with Crippen molar-refractivity contribution in [3.63, 3.8) is 0 Å². The average Bonchev–Trinajstić information content (AvgIpc) is 3.21. The first-order valence-corrected chi connectivity index (χ1v) is 12.3. The first kappa shape index (κ1) is 24.6. The van der Waals surface area contributed by atoms with Gasteiger partial charge in [0.25, 0.3) is 0 Å². The van der Waals surface area contributed by atoms with Crippen molar-refractivity contribution in [1.82, 2.24) is 9.88 Å². The molecule has 2 aromatic carbocycles. The molecule has 5 heteroatoms. The summed E-state index contributed by atoms with van der Waals surface area (Å²) in [6.45, 7) is 15.3. The summed E-state index contributed by atoms with van der Waals surface area (Å²) in [6.07, 6.45) is 2.86. The first-order valence-electron chi connectivity index (χ1n) is 12.3. The number of methoxy groups -OCH3 is 2. The molecular weight excluding hydrogens is 427 g/mol. The van der Waals surface area contributed by atoms with Crippen LogP contribution in [0.15, 0.2) is 30.3 Å². The fourth-order valence-corrected chi connectivity index (χ4v) is 5.26. The predicted molar refractivity (Wildman–Crippen MR) is 138 cm³/mol. The van der Waals surface area contributed by atoms with Crippen molar-refractivity contribution in [2.24, 2.45) is 5.41 Å². The number of likely N-dealkylation sites (tertiary alicyclic amines) is 1. The van der Waals surface area contributed by atoms with E-state index in [9.17, 15) is 0 Å². The molecular formula is C29H38FN2O2. The Morgan fingerprint density at radius 3 is 2.35 bits per heavy atom. The Labute approximate surface area is 203 Å². The molecule has 0 saturated carbocycles. The van der Waals surface area contributed by atoms with Crippen LogP contribution in [0.5, 0.6) is 11.5 Å². The molecule has 1 aliphatic heterocycles. The zero-order chi connectivity index (χ0) is 24.6. The second-order valence-electron chi connectivity index (χ2n) is 10.5. The lowest BCUT2D eigenvalue weighted by Gasteiger charge is -2.42. The van der Waals surface area contributed by atoms with Crippen LogP contribution in [0.1, 0.15) is 57.6 Å². The Balaban J connectivity index is 1.67. The highest BCUT2D eigenvalue weighted by Gasteiger charge is 2.30. The Bertz CT molecular complexity index is 1150. The van der Waals surface area contributed by atoms with Crippen LogP contribution < -0.4 is 9.47 Å². The van der Waals surface area contributed by atoms with Gasteiger partial charge in [-0.25, -0.2) is 4.39 Å². The Kier molecular flexibility index (Phi) is 6.95. The van der Waals surface area contributed by atoms with Gasteiger partial charge in [0.15, 0.2) is 11.5 Å². The van der Waals surface area contributed by atoms with E-state index in [0.717, 1.165) is 60.1 Å². The van der Waals surface area contributed by atoms with Crippen molar-refractivity contribution in [3.05, 3.63) is 54.2 Å². The highest BCUT2D eigenvalue weighted by Crippen LogP contribution is 2.39. The maximum absolute atomic E-state index is 15.4. The third-order valence-electron chi connectivity index (χ3n) is 7.46. The second kappa shape index (κ2) is 9.61. The minimum absolute atomic E-state index is 0.152. The zero-order valence-electron chi connectivity index (χ0n) is 21.4. The van der Waals surface area contributed by atoms with Gasteiger partial charge in [0.1, 0.15) is 5.82 Å². The van der Waals surface area contributed by atoms with Gasteiger partial charge < -0.3 is 14.5 Å². The molecule has 0 aliphatic carbocycles. The number of ether oxygens (including phenoxy) is 2. The van der Waals surface area contributed by atoms with Crippen molar-refractivity contribution in [2.75, 3.05) is 27.3 Å². The van der Waals surface area contributed by atoms with E-state index in [1.807, 2.05) is 18.2 Å². The van der Waals surface area contributed by atoms with Gasteiger partial charge in [-0.2, -0.15) is 0 Å². The topological polar surface area (TPSA) is 37.5 Å². The summed E-state index contributed by atoms with van der Waals surface area (Å²) in [4.78, 5) is 5.85. The SMILES string of the molecule is [CH2]C(N1CCC(c2cc(F)c3[nH]c(-c4ccc(OC)c(OC)c4)c(CC)c3c2)CC1)C(C)(C)C. The van der Waals surface area contributed by atoms with Gasteiger partial charge in [-0.1, -0.05) is 27.7 Å². The van der Waals surface area contributed by atoms with E-state index in [2.05, 4.69) is 50.6 Å². The molecule has 1 radical (unpaired) electrons. The molecule has 0 spiro atoms. The van der Waals surface area contributed by atoms with Crippen LogP contribution in [0.4, 0.5) is 4.39 Å². The molecule has 1 saturated heterocycles. The molecule has 183 valence electrons. The van der Waals surface area contributed by atoms with Crippen LogP contribution in [0, 0.1) is 18.2 Å². The van der Waals surface area contributed by atoms with Gasteiger partial charge in [-0.15, -0.1) is 0 Å². The number of nitrogens with zero attached hydrogens (tertiary/aromatic N) is 1. The number of H-pyrrole nitrogens is 1. The summed E-state index contributed by atoms with van der Waals surface area (Å²) < 4.78 is 26.3. The highest BCUT2D eigenvalue weighted by molar-refractivity contribution is 5.92. The Morgan fingerprint density at radius 2 is 1.76 bits per heavy atom. The number of rotatable bonds is 6. The summed E-state index contributed by atoms with van der Waals surface area (Å²) in [5, 5.41) is 0.981. The minimum atomic E-state index is -0.180. The number of hydrogen-bond acceptors (Lipinski definition) is 3. The number of halogens is 1. The van der Waals surface area contributed by atoms with Gasteiger partial charge in [-0.05, 0) is 92.1 Å². The largest absolute Gasteiger partial charge is 0.493 e. The quantitative estimate of drug-likeness (QED) is 0.427. The number of aromatic amines is 1. The van der Waals surface area contributed by atoms with Crippen LogP contribution in [-0.4, -0.2) is 43.2 Å². The molecule has 1 aromatic heterocycles. The monoisotopic (exact) mass is 465 g/mol. The molecule has 34 heavy (non-hydrogen) atoms. The Morgan fingerprint density at radius 1 is 1.09 bits per heavy atom. The normalized spacial score (nSPS) is 16.7. The maximum Gasteiger partial charge on any atom is 0.161 e. The third kappa shape index (κ3) is 4.55. The molecule has 1 atom stereocenters. The number of aryl methyl sites for hydroxylation is 1. The smallest absolute Gasteiger partial charge is 0.161 e. The fourth-order valence-electron chi connectivity index (χ4n) is 5.26. The highest BCUT2D eigenvalue weighted by atomic mass is 19.1. The van der Waals surface area contributed by atoms with Crippen molar-refractivity contribution in [1.29, 1.82) is 0 Å². The summed E-state index contributed by atoms with van der Waals surface area (Å²) >= 11 is 0. The van der Waals surface area contributed by atoms with E-state index in [1.54, 1.807) is 20.3 Å². The Hall–Kier alpha value is -2.53. The van der Waals surface area contributed by atoms with E-state index in [4.69, 9.17) is 9.47 Å². The molecule has 0 bridgehead atoms. The predicted octanol–water partition coefficient (Wildman–Crippen LogP) is 6.98. The first-order chi connectivity index (χ1) is 16.2. The van der Waals surface area contributed by atoms with Crippen molar-refractivity contribution in [2.45, 2.75) is 58.9 Å². The lowest BCUT2D eigenvalue weighted by molar-refractivity contribution is 0.103. The standard InChI is InChI=1S/C29H38FN2O2/c1-8-22-23-15-21(19-11-13-32(14-12-19)18(2)29(3,4)5)16-24(30)28(23)31-27(22)20-9-10-25(33-6)26(17-20)34-7/h9-10,15-19,31H,2,8,11-14H2,1,3-7H3. The van der Waals surface area contributed by atoms with Crippen LogP contribution in [0.25, 0.3) is 22.2 Å². The van der Waals surface area contributed by atoms with E-state index in [0.29, 0.717) is 22.9 Å². The van der Waals surface area contributed by atoms with Crippen LogP contribution in [0.3, 0.4) is 0 Å². The molecule has 4 nitrogen and oxygen atoms in total. The molecule has 0 amide bonds. The van der Waals surface area contributed by atoms with Gasteiger partial charge in [-0.3, -0.25) is 4.90 Å². The van der Waals surface area contributed by atoms with Crippen molar-refractivity contribution < 1.29 is 13.9 Å². The summed E-state index contributed by atoms with van der Waals surface area (Å²) in [5.74, 6) is 1.52. The van der Waals surface area contributed by atoms with E-state index in [-0.39, 0.29) is 17.3 Å². The average molecular weight is 466 g/mol. The second-order valence-corrected chi connectivity index (χ2v) is 10.5. The van der Waals surface area contributed by atoms with Crippen molar-refractivity contribution in [3.8, 4) is 22.8 Å². The number of fused-ring (bicyclic) bond motifs is 1. The number of piperidine rings is 1.